The standard InChI is InChI=1S/C14H18BrNOS/c1-9(2)16-7-14-12(8-17-3)11-6-10(15)4-5-13(11)18-14/h4-6,9,16H,7-8H2,1-3H3. The van der Waals surface area contributed by atoms with E-state index < -0.39 is 0 Å². The van der Waals surface area contributed by atoms with Crippen molar-refractivity contribution < 1.29 is 4.74 Å². The van der Waals surface area contributed by atoms with Crippen LogP contribution < -0.4 is 5.32 Å². The van der Waals surface area contributed by atoms with Crippen LogP contribution in [-0.4, -0.2) is 13.2 Å². The molecule has 1 aromatic carbocycles. The molecule has 2 rings (SSSR count). The van der Waals surface area contributed by atoms with E-state index in [1.165, 1.54) is 20.5 Å². The molecular weight excluding hydrogens is 310 g/mol. The number of nitrogens with one attached hydrogen (secondary N) is 1. The van der Waals surface area contributed by atoms with Gasteiger partial charge in [0, 0.05) is 39.3 Å². The summed E-state index contributed by atoms with van der Waals surface area (Å²) in [5.41, 5.74) is 1.31. The van der Waals surface area contributed by atoms with Gasteiger partial charge in [-0.3, -0.25) is 0 Å². The highest BCUT2D eigenvalue weighted by Gasteiger charge is 2.12. The highest BCUT2D eigenvalue weighted by Crippen LogP contribution is 2.33. The Hall–Kier alpha value is -0.420. The Morgan fingerprint density at radius 2 is 2.17 bits per heavy atom. The Morgan fingerprint density at radius 1 is 1.39 bits per heavy atom. The SMILES string of the molecule is COCc1c(CNC(C)C)sc2ccc(Br)cc12. The normalized spacial score (nSPS) is 11.6. The van der Waals surface area contributed by atoms with Gasteiger partial charge in [-0.25, -0.2) is 0 Å². The topological polar surface area (TPSA) is 21.3 Å². The van der Waals surface area contributed by atoms with Crippen LogP contribution in [0.4, 0.5) is 0 Å². The number of benzene rings is 1. The quantitative estimate of drug-likeness (QED) is 0.883. The molecule has 0 radical (unpaired) electrons. The number of methoxy groups -OCH3 is 1. The number of rotatable bonds is 5. The largest absolute Gasteiger partial charge is 0.380 e. The second-order valence-corrected chi connectivity index (χ2v) is 6.67. The average molecular weight is 328 g/mol. The van der Waals surface area contributed by atoms with Gasteiger partial charge in [0.2, 0.25) is 0 Å². The van der Waals surface area contributed by atoms with Gasteiger partial charge in [-0.2, -0.15) is 0 Å². The lowest BCUT2D eigenvalue weighted by molar-refractivity contribution is 0.185. The van der Waals surface area contributed by atoms with E-state index >= 15 is 0 Å². The minimum atomic E-state index is 0.498. The highest BCUT2D eigenvalue weighted by molar-refractivity contribution is 9.10. The summed E-state index contributed by atoms with van der Waals surface area (Å²) in [5.74, 6) is 0. The molecule has 0 saturated heterocycles. The monoisotopic (exact) mass is 327 g/mol. The van der Waals surface area contributed by atoms with Gasteiger partial charge in [0.05, 0.1) is 6.61 Å². The zero-order chi connectivity index (χ0) is 13.1. The van der Waals surface area contributed by atoms with Crippen LogP contribution in [-0.2, 0) is 17.9 Å². The molecular formula is C14H18BrNOS. The van der Waals surface area contributed by atoms with E-state index in [9.17, 15) is 0 Å². The van der Waals surface area contributed by atoms with Crippen molar-refractivity contribution in [2.45, 2.75) is 33.0 Å². The molecule has 0 amide bonds. The summed E-state index contributed by atoms with van der Waals surface area (Å²) in [5, 5.41) is 4.78. The second kappa shape index (κ2) is 6.15. The van der Waals surface area contributed by atoms with Crippen LogP contribution in [0.3, 0.4) is 0 Å². The second-order valence-electron chi connectivity index (χ2n) is 4.61. The van der Waals surface area contributed by atoms with E-state index in [-0.39, 0.29) is 0 Å². The fourth-order valence-electron chi connectivity index (χ4n) is 1.91. The first kappa shape index (κ1) is 14.0. The summed E-state index contributed by atoms with van der Waals surface area (Å²) in [6.07, 6.45) is 0. The molecule has 0 aliphatic heterocycles. The van der Waals surface area contributed by atoms with Gasteiger partial charge in [-0.1, -0.05) is 29.8 Å². The molecule has 0 unspecified atom stereocenters. The van der Waals surface area contributed by atoms with Gasteiger partial charge in [0.25, 0.3) is 0 Å². The maximum Gasteiger partial charge on any atom is 0.0730 e. The van der Waals surface area contributed by atoms with Crippen molar-refractivity contribution >= 4 is 37.4 Å². The smallest absolute Gasteiger partial charge is 0.0730 e. The maximum absolute atomic E-state index is 5.35. The van der Waals surface area contributed by atoms with Gasteiger partial charge in [-0.05, 0) is 23.6 Å². The fourth-order valence-corrected chi connectivity index (χ4v) is 3.42. The van der Waals surface area contributed by atoms with E-state index in [0.29, 0.717) is 12.6 Å². The molecule has 0 atom stereocenters. The first-order valence-corrected chi connectivity index (χ1v) is 7.65. The number of fused-ring (bicyclic) bond motifs is 1. The molecule has 0 bridgehead atoms. The Kier molecular flexibility index (Phi) is 4.78. The molecule has 0 fully saturated rings. The van der Waals surface area contributed by atoms with E-state index in [0.717, 1.165) is 11.0 Å². The summed E-state index contributed by atoms with van der Waals surface area (Å²) >= 11 is 5.39. The molecule has 0 spiro atoms. The lowest BCUT2D eigenvalue weighted by atomic mass is 10.1. The van der Waals surface area contributed by atoms with Crippen molar-refractivity contribution in [1.82, 2.24) is 5.32 Å². The van der Waals surface area contributed by atoms with E-state index in [1.54, 1.807) is 7.11 Å². The third-order valence-electron chi connectivity index (χ3n) is 2.80. The molecule has 2 aromatic rings. The van der Waals surface area contributed by atoms with Crippen LogP contribution in [0, 0.1) is 0 Å². The molecule has 0 aliphatic carbocycles. The van der Waals surface area contributed by atoms with Crippen LogP contribution in [0.5, 0.6) is 0 Å². The van der Waals surface area contributed by atoms with Gasteiger partial charge >= 0.3 is 0 Å². The summed E-state index contributed by atoms with van der Waals surface area (Å²) in [7, 11) is 1.75. The fraction of sp³-hybridized carbons (Fsp3) is 0.429. The predicted octanol–water partition coefficient (Wildman–Crippen LogP) is 4.31. The van der Waals surface area contributed by atoms with Crippen LogP contribution in [0.2, 0.25) is 0 Å². The zero-order valence-electron chi connectivity index (χ0n) is 10.9. The van der Waals surface area contributed by atoms with Gasteiger partial charge in [-0.15, -0.1) is 11.3 Å². The van der Waals surface area contributed by atoms with Crippen molar-refractivity contribution in [2.75, 3.05) is 7.11 Å². The van der Waals surface area contributed by atoms with E-state index in [1.807, 2.05) is 11.3 Å². The lowest BCUT2D eigenvalue weighted by Gasteiger charge is -2.08. The summed E-state index contributed by atoms with van der Waals surface area (Å²) < 4.78 is 7.79. The van der Waals surface area contributed by atoms with Crippen molar-refractivity contribution in [2.24, 2.45) is 0 Å². The Bertz CT molecular complexity index is 536. The van der Waals surface area contributed by atoms with Crippen LogP contribution in [0.1, 0.15) is 24.3 Å². The third-order valence-corrected chi connectivity index (χ3v) is 4.50. The molecule has 1 N–H and O–H groups in total. The Labute approximate surface area is 120 Å². The lowest BCUT2D eigenvalue weighted by Crippen LogP contribution is -2.21. The third kappa shape index (κ3) is 3.12. The molecule has 4 heteroatoms. The van der Waals surface area contributed by atoms with Gasteiger partial charge in [0.15, 0.2) is 0 Å². The van der Waals surface area contributed by atoms with Crippen molar-refractivity contribution in [3.8, 4) is 0 Å². The summed E-state index contributed by atoms with van der Waals surface area (Å²) in [6, 6.07) is 6.94. The molecule has 98 valence electrons. The minimum Gasteiger partial charge on any atom is -0.380 e. The first-order valence-electron chi connectivity index (χ1n) is 6.04. The molecule has 1 heterocycles. The van der Waals surface area contributed by atoms with E-state index in [2.05, 4.69) is 53.3 Å². The van der Waals surface area contributed by atoms with Crippen LogP contribution >= 0.6 is 27.3 Å². The maximum atomic E-state index is 5.35. The molecule has 18 heavy (non-hydrogen) atoms. The van der Waals surface area contributed by atoms with Gasteiger partial charge in [0.1, 0.15) is 0 Å². The van der Waals surface area contributed by atoms with Crippen LogP contribution in [0.15, 0.2) is 22.7 Å². The van der Waals surface area contributed by atoms with E-state index in [4.69, 9.17) is 4.74 Å². The Balaban J connectivity index is 2.41. The predicted molar refractivity (Wildman–Crippen MR) is 82.2 cm³/mol. The van der Waals surface area contributed by atoms with Crippen molar-refractivity contribution in [3.05, 3.63) is 33.1 Å². The number of ether oxygens (including phenoxy) is 1. The van der Waals surface area contributed by atoms with Crippen molar-refractivity contribution in [1.29, 1.82) is 0 Å². The number of hydrogen-bond donors (Lipinski definition) is 1. The molecule has 1 aromatic heterocycles. The van der Waals surface area contributed by atoms with Gasteiger partial charge < -0.3 is 10.1 Å². The molecule has 2 nitrogen and oxygen atoms in total. The summed E-state index contributed by atoms with van der Waals surface area (Å²) in [6.45, 7) is 5.92. The Morgan fingerprint density at radius 3 is 2.83 bits per heavy atom. The number of hydrogen-bond acceptors (Lipinski definition) is 3. The van der Waals surface area contributed by atoms with Crippen molar-refractivity contribution in [3.63, 3.8) is 0 Å². The minimum absolute atomic E-state index is 0.498. The molecule has 0 aliphatic rings. The van der Waals surface area contributed by atoms with Crippen LogP contribution in [0.25, 0.3) is 10.1 Å². The summed E-state index contributed by atoms with van der Waals surface area (Å²) in [4.78, 5) is 1.37. The zero-order valence-corrected chi connectivity index (χ0v) is 13.3. The average Bonchev–Trinajstić information content (AvgIpc) is 2.65. The molecule has 0 saturated carbocycles. The number of thiophene rings is 1. The number of halogens is 1. The highest BCUT2D eigenvalue weighted by atomic mass is 79.9. The first-order chi connectivity index (χ1) is 8.61.